The lowest BCUT2D eigenvalue weighted by Crippen LogP contribution is -2.51. The molecule has 230 valence electrons. The molecule has 12 nitrogen and oxygen atoms in total. The molecule has 1 unspecified atom stereocenters. The van der Waals surface area contributed by atoms with Gasteiger partial charge in [-0.25, -0.2) is 14.8 Å². The third-order valence-corrected chi connectivity index (χ3v) is 8.21. The van der Waals surface area contributed by atoms with Crippen molar-refractivity contribution in [3.05, 3.63) is 35.9 Å². The van der Waals surface area contributed by atoms with Crippen molar-refractivity contribution in [2.75, 3.05) is 51.4 Å². The van der Waals surface area contributed by atoms with Crippen molar-refractivity contribution in [1.82, 2.24) is 34.0 Å². The molecule has 12 heteroatoms. The highest BCUT2D eigenvalue weighted by molar-refractivity contribution is 5.86. The fourth-order valence-electron chi connectivity index (χ4n) is 6.13. The number of likely N-dealkylation sites (tertiary alicyclic amines) is 1. The van der Waals surface area contributed by atoms with Gasteiger partial charge in [0.2, 0.25) is 5.95 Å². The number of piperidine rings is 1. The number of hydrogen-bond donors (Lipinski definition) is 0. The molecule has 0 radical (unpaired) electrons. The second kappa shape index (κ2) is 11.1. The monoisotopic (exact) mass is 590 g/mol. The molecule has 2 aliphatic rings. The number of amides is 1. The fourth-order valence-corrected chi connectivity index (χ4v) is 6.13. The molecule has 0 saturated carbocycles. The number of morpholine rings is 1. The molecule has 2 fully saturated rings. The van der Waals surface area contributed by atoms with Crippen LogP contribution in [-0.4, -0.2) is 92.2 Å². The number of imidazole rings is 2. The number of ether oxygens (including phenoxy) is 3. The van der Waals surface area contributed by atoms with Gasteiger partial charge in [0.25, 0.3) is 0 Å². The fraction of sp³-hybridized carbons (Fsp3) is 0.581. The minimum absolute atomic E-state index is 0.151. The molecule has 2 saturated heterocycles. The smallest absolute Gasteiger partial charge is 0.410 e. The summed E-state index contributed by atoms with van der Waals surface area (Å²) >= 11 is 0. The molecule has 6 rings (SSSR count). The molecule has 0 bridgehead atoms. The summed E-state index contributed by atoms with van der Waals surface area (Å²) in [6.45, 7) is 13.4. The number of aryl methyl sites for hydroxylation is 1. The first-order valence-electron chi connectivity index (χ1n) is 15.1. The van der Waals surface area contributed by atoms with Gasteiger partial charge in [-0.3, -0.25) is 4.57 Å². The van der Waals surface area contributed by atoms with Gasteiger partial charge in [-0.1, -0.05) is 26.0 Å². The van der Waals surface area contributed by atoms with Crippen molar-refractivity contribution in [3.63, 3.8) is 0 Å². The van der Waals surface area contributed by atoms with E-state index in [4.69, 9.17) is 34.1 Å². The number of methoxy groups -OCH3 is 1. The third kappa shape index (κ3) is 5.31. The standard InChI is InChI=1S/C31H42N8O4/c1-20(2)24-32-21-11-8-9-12-22(21)39(24)28-34-25-23(26(35-28)37-15-17-42-18-16-37)33-27(36(25)6)31(41-7)13-10-14-38(19-31)29(40)43-30(3,4)5/h8-9,11-12,20H,10,13-19H2,1-7H3. The highest BCUT2D eigenvalue weighted by Crippen LogP contribution is 2.38. The first-order chi connectivity index (χ1) is 20.5. The highest BCUT2D eigenvalue weighted by Gasteiger charge is 2.44. The van der Waals surface area contributed by atoms with Crippen molar-refractivity contribution in [3.8, 4) is 5.95 Å². The van der Waals surface area contributed by atoms with Crippen molar-refractivity contribution < 1.29 is 19.0 Å². The maximum Gasteiger partial charge on any atom is 0.410 e. The van der Waals surface area contributed by atoms with Gasteiger partial charge in [0, 0.05) is 39.7 Å². The van der Waals surface area contributed by atoms with E-state index in [1.807, 2.05) is 50.6 Å². The topological polar surface area (TPSA) is 113 Å². The minimum Gasteiger partial charge on any atom is -0.444 e. The molecule has 0 aliphatic carbocycles. The maximum atomic E-state index is 13.1. The van der Waals surface area contributed by atoms with Crippen molar-refractivity contribution in [1.29, 1.82) is 0 Å². The van der Waals surface area contributed by atoms with Gasteiger partial charge in [0.05, 0.1) is 30.8 Å². The number of fused-ring (bicyclic) bond motifs is 2. The third-order valence-electron chi connectivity index (χ3n) is 8.21. The summed E-state index contributed by atoms with van der Waals surface area (Å²) in [5.41, 5.74) is 1.82. The number of aromatic nitrogens is 6. The van der Waals surface area contributed by atoms with Crippen LogP contribution < -0.4 is 4.90 Å². The number of rotatable bonds is 5. The van der Waals surface area contributed by atoms with E-state index in [0.717, 1.165) is 29.1 Å². The second-order valence-electron chi connectivity index (χ2n) is 12.8. The number of hydrogen-bond acceptors (Lipinski definition) is 9. The van der Waals surface area contributed by atoms with E-state index in [2.05, 4.69) is 29.4 Å². The zero-order valence-corrected chi connectivity index (χ0v) is 26.3. The predicted octanol–water partition coefficient (Wildman–Crippen LogP) is 4.53. The van der Waals surface area contributed by atoms with Crippen molar-refractivity contribution >= 4 is 34.1 Å². The van der Waals surface area contributed by atoms with Gasteiger partial charge < -0.3 is 28.6 Å². The first kappa shape index (κ1) is 29.3. The number of carbonyl (C=O) groups is 1. The number of benzene rings is 1. The van der Waals surface area contributed by atoms with E-state index >= 15 is 0 Å². The summed E-state index contributed by atoms with van der Waals surface area (Å²) < 4.78 is 21.7. The normalized spacial score (nSPS) is 20.0. The molecule has 1 amide bonds. The molecular weight excluding hydrogens is 548 g/mol. The summed E-state index contributed by atoms with van der Waals surface area (Å²) in [6.07, 6.45) is 1.11. The second-order valence-corrected chi connectivity index (χ2v) is 12.8. The van der Waals surface area contributed by atoms with Crippen LogP contribution in [0.3, 0.4) is 0 Å². The SMILES string of the molecule is COC1(c2nc3c(N4CCOCC4)nc(-n4c(C(C)C)nc5ccccc54)nc3n2C)CCCN(C(=O)OC(C)(C)C)C1. The quantitative estimate of drug-likeness (QED) is 0.331. The Labute approximate surface area is 252 Å². The largest absolute Gasteiger partial charge is 0.444 e. The number of para-hydroxylation sites is 2. The Bertz CT molecular complexity index is 1650. The lowest BCUT2D eigenvalue weighted by Gasteiger charge is -2.41. The average Bonchev–Trinajstić information content (AvgIpc) is 3.55. The zero-order valence-electron chi connectivity index (χ0n) is 26.3. The lowest BCUT2D eigenvalue weighted by atomic mass is 9.91. The zero-order chi connectivity index (χ0) is 30.5. The van der Waals surface area contributed by atoms with E-state index in [1.54, 1.807) is 12.0 Å². The molecule has 5 heterocycles. The Morgan fingerprint density at radius 2 is 1.79 bits per heavy atom. The van der Waals surface area contributed by atoms with Gasteiger partial charge in [-0.15, -0.1) is 0 Å². The number of anilines is 1. The van der Waals surface area contributed by atoms with Crippen LogP contribution in [0.15, 0.2) is 24.3 Å². The van der Waals surface area contributed by atoms with Crippen molar-refractivity contribution in [2.24, 2.45) is 7.05 Å². The molecule has 0 N–H and O–H groups in total. The highest BCUT2D eigenvalue weighted by atomic mass is 16.6. The molecule has 43 heavy (non-hydrogen) atoms. The molecule has 3 aromatic heterocycles. The summed E-state index contributed by atoms with van der Waals surface area (Å²) in [7, 11) is 3.65. The molecular formula is C31H42N8O4. The van der Waals surface area contributed by atoms with Gasteiger partial charge in [-0.05, 0) is 45.7 Å². The van der Waals surface area contributed by atoms with Crippen LogP contribution in [-0.2, 0) is 26.9 Å². The Morgan fingerprint density at radius 3 is 2.49 bits per heavy atom. The van der Waals surface area contributed by atoms with Gasteiger partial charge >= 0.3 is 6.09 Å². The van der Waals surface area contributed by atoms with Crippen LogP contribution in [0, 0.1) is 0 Å². The summed E-state index contributed by atoms with van der Waals surface area (Å²) in [6, 6.07) is 8.08. The van der Waals surface area contributed by atoms with Crippen LogP contribution in [0.25, 0.3) is 28.1 Å². The summed E-state index contributed by atoms with van der Waals surface area (Å²) in [5.74, 6) is 3.05. The van der Waals surface area contributed by atoms with Crippen LogP contribution in [0.2, 0.25) is 0 Å². The van der Waals surface area contributed by atoms with E-state index in [0.29, 0.717) is 68.8 Å². The van der Waals surface area contributed by atoms with E-state index in [-0.39, 0.29) is 12.0 Å². The maximum absolute atomic E-state index is 13.1. The minimum atomic E-state index is -0.835. The van der Waals surface area contributed by atoms with Crippen molar-refractivity contribution in [2.45, 2.75) is 64.6 Å². The molecule has 4 aromatic rings. The number of nitrogens with zero attached hydrogens (tertiary/aromatic N) is 8. The molecule has 1 atom stereocenters. The van der Waals surface area contributed by atoms with Crippen LogP contribution in [0.4, 0.5) is 10.6 Å². The Balaban J connectivity index is 1.52. The van der Waals surface area contributed by atoms with E-state index < -0.39 is 11.2 Å². The van der Waals surface area contributed by atoms with E-state index in [1.165, 1.54) is 0 Å². The first-order valence-corrected chi connectivity index (χ1v) is 15.1. The van der Waals surface area contributed by atoms with E-state index in [9.17, 15) is 4.79 Å². The lowest BCUT2D eigenvalue weighted by molar-refractivity contribution is -0.0798. The van der Waals surface area contributed by atoms with Crippen LogP contribution in [0.1, 0.15) is 65.0 Å². The van der Waals surface area contributed by atoms with Crippen LogP contribution >= 0.6 is 0 Å². The number of carbonyl (C=O) groups excluding carboxylic acids is 1. The Hall–Kier alpha value is -3.77. The molecule has 0 spiro atoms. The van der Waals surface area contributed by atoms with Gasteiger partial charge in [0.1, 0.15) is 22.9 Å². The Kier molecular flexibility index (Phi) is 7.54. The van der Waals surface area contributed by atoms with Gasteiger partial charge in [0.15, 0.2) is 17.0 Å². The Morgan fingerprint density at radius 1 is 1.05 bits per heavy atom. The van der Waals surface area contributed by atoms with Gasteiger partial charge in [-0.2, -0.15) is 9.97 Å². The predicted molar refractivity (Wildman–Crippen MR) is 164 cm³/mol. The van der Waals surface area contributed by atoms with Crippen LogP contribution in [0.5, 0.6) is 0 Å². The molecule has 2 aliphatic heterocycles. The average molecular weight is 591 g/mol. The molecule has 1 aromatic carbocycles. The summed E-state index contributed by atoms with van der Waals surface area (Å²) in [5, 5.41) is 0. The summed E-state index contributed by atoms with van der Waals surface area (Å²) in [4.78, 5) is 37.5.